The van der Waals surface area contributed by atoms with E-state index in [4.69, 9.17) is 10.5 Å². The fraction of sp³-hybridized carbons (Fsp3) is 0.235. The van der Waals surface area contributed by atoms with Crippen LogP contribution < -0.4 is 15.8 Å². The fourth-order valence-electron chi connectivity index (χ4n) is 2.00. The maximum Gasteiger partial charge on any atom is 0.161 e. The van der Waals surface area contributed by atoms with E-state index in [9.17, 15) is 4.79 Å². The highest BCUT2D eigenvalue weighted by atomic mass is 16.5. The van der Waals surface area contributed by atoms with Crippen LogP contribution in [0.1, 0.15) is 23.7 Å². The zero-order valence-corrected chi connectivity index (χ0v) is 12.1. The second-order valence-corrected chi connectivity index (χ2v) is 4.80. The maximum atomic E-state index is 11.3. The molecule has 0 radical (unpaired) electrons. The third-order valence-electron chi connectivity index (χ3n) is 3.09. The zero-order chi connectivity index (χ0) is 15.1. The smallest absolute Gasteiger partial charge is 0.161 e. The lowest BCUT2D eigenvalue weighted by Crippen LogP contribution is -2.08. The Bertz CT molecular complexity index is 597. The van der Waals surface area contributed by atoms with Crippen LogP contribution in [0, 0.1) is 0 Å². The van der Waals surface area contributed by atoms with Crippen molar-refractivity contribution in [2.45, 2.75) is 13.3 Å². The number of rotatable bonds is 7. The summed E-state index contributed by atoms with van der Waals surface area (Å²) in [4.78, 5) is 11.3. The molecule has 0 saturated carbocycles. The molecule has 0 spiro atoms. The molecule has 2 aromatic rings. The third kappa shape index (κ3) is 4.53. The van der Waals surface area contributed by atoms with E-state index < -0.39 is 0 Å². The summed E-state index contributed by atoms with van der Waals surface area (Å²) >= 11 is 0. The Morgan fingerprint density at radius 3 is 2.62 bits per heavy atom. The van der Waals surface area contributed by atoms with Crippen LogP contribution in [0.5, 0.6) is 5.75 Å². The van der Waals surface area contributed by atoms with Crippen LogP contribution >= 0.6 is 0 Å². The highest BCUT2D eigenvalue weighted by molar-refractivity contribution is 5.99. The van der Waals surface area contributed by atoms with Crippen molar-refractivity contribution in [2.75, 3.05) is 24.2 Å². The third-order valence-corrected chi connectivity index (χ3v) is 3.09. The van der Waals surface area contributed by atoms with Gasteiger partial charge < -0.3 is 15.8 Å². The SMILES string of the molecule is CC(=O)c1ccc(NCCCOc2ccccc2)cc1N. The van der Waals surface area contributed by atoms with Gasteiger partial charge >= 0.3 is 0 Å². The molecule has 0 amide bonds. The van der Waals surface area contributed by atoms with Gasteiger partial charge in [0.2, 0.25) is 0 Å². The topological polar surface area (TPSA) is 64.3 Å². The van der Waals surface area contributed by atoms with Crippen molar-refractivity contribution in [1.29, 1.82) is 0 Å². The average molecular weight is 284 g/mol. The second-order valence-electron chi connectivity index (χ2n) is 4.80. The van der Waals surface area contributed by atoms with Crippen LogP contribution in [0.3, 0.4) is 0 Å². The number of benzene rings is 2. The number of ketones is 1. The molecule has 2 aromatic carbocycles. The molecule has 4 heteroatoms. The number of nitrogens with two attached hydrogens (primary N) is 1. The molecule has 2 rings (SSSR count). The van der Waals surface area contributed by atoms with Gasteiger partial charge in [0.15, 0.2) is 5.78 Å². The Kier molecular flexibility index (Phi) is 5.21. The lowest BCUT2D eigenvalue weighted by molar-refractivity contribution is 0.101. The van der Waals surface area contributed by atoms with Gasteiger partial charge in [-0.2, -0.15) is 0 Å². The van der Waals surface area contributed by atoms with E-state index in [-0.39, 0.29) is 5.78 Å². The zero-order valence-electron chi connectivity index (χ0n) is 12.1. The van der Waals surface area contributed by atoms with Gasteiger partial charge in [0.1, 0.15) is 5.75 Å². The Hall–Kier alpha value is -2.49. The molecule has 0 bridgehead atoms. The molecule has 4 nitrogen and oxygen atoms in total. The van der Waals surface area contributed by atoms with Gasteiger partial charge in [-0.15, -0.1) is 0 Å². The molecule has 110 valence electrons. The molecule has 0 fully saturated rings. The van der Waals surface area contributed by atoms with Gasteiger partial charge in [-0.1, -0.05) is 18.2 Å². The minimum Gasteiger partial charge on any atom is -0.494 e. The van der Waals surface area contributed by atoms with Gasteiger partial charge in [0.25, 0.3) is 0 Å². The molecule has 21 heavy (non-hydrogen) atoms. The Morgan fingerprint density at radius 1 is 1.19 bits per heavy atom. The Morgan fingerprint density at radius 2 is 1.95 bits per heavy atom. The van der Waals surface area contributed by atoms with E-state index >= 15 is 0 Å². The molecule has 0 aliphatic heterocycles. The first kappa shape index (κ1) is 14.9. The van der Waals surface area contributed by atoms with Crippen LogP contribution in [0.4, 0.5) is 11.4 Å². The van der Waals surface area contributed by atoms with Crippen LogP contribution in [-0.4, -0.2) is 18.9 Å². The van der Waals surface area contributed by atoms with E-state index in [0.29, 0.717) is 17.9 Å². The average Bonchev–Trinajstić information content (AvgIpc) is 2.47. The molecule has 0 aromatic heterocycles. The number of carbonyl (C=O) groups is 1. The molecule has 0 saturated heterocycles. The predicted octanol–water partition coefficient (Wildman–Crippen LogP) is 3.35. The van der Waals surface area contributed by atoms with Crippen molar-refractivity contribution in [3.63, 3.8) is 0 Å². The summed E-state index contributed by atoms with van der Waals surface area (Å²) in [5, 5.41) is 3.27. The predicted molar refractivity (Wildman–Crippen MR) is 85.9 cm³/mol. The maximum absolute atomic E-state index is 11.3. The Balaban J connectivity index is 1.74. The monoisotopic (exact) mass is 284 g/mol. The number of anilines is 2. The van der Waals surface area contributed by atoms with Gasteiger partial charge in [-0.3, -0.25) is 4.79 Å². The number of hydrogen-bond acceptors (Lipinski definition) is 4. The summed E-state index contributed by atoms with van der Waals surface area (Å²) in [5.41, 5.74) is 7.83. The fourth-order valence-corrected chi connectivity index (χ4v) is 2.00. The number of ether oxygens (including phenoxy) is 1. The van der Waals surface area contributed by atoms with Crippen LogP contribution in [0.15, 0.2) is 48.5 Å². The van der Waals surface area contributed by atoms with Gasteiger partial charge in [0.05, 0.1) is 6.61 Å². The van der Waals surface area contributed by atoms with E-state index in [2.05, 4.69) is 5.32 Å². The van der Waals surface area contributed by atoms with Crippen molar-refractivity contribution in [2.24, 2.45) is 0 Å². The van der Waals surface area contributed by atoms with Gasteiger partial charge in [-0.05, 0) is 43.7 Å². The minimum absolute atomic E-state index is 0.0182. The summed E-state index contributed by atoms with van der Waals surface area (Å²) in [6.45, 7) is 2.95. The second kappa shape index (κ2) is 7.33. The first-order chi connectivity index (χ1) is 10.2. The van der Waals surface area contributed by atoms with Gasteiger partial charge in [-0.25, -0.2) is 0 Å². The lowest BCUT2D eigenvalue weighted by Gasteiger charge is -2.10. The minimum atomic E-state index is -0.0182. The molecule has 0 unspecified atom stereocenters. The highest BCUT2D eigenvalue weighted by Crippen LogP contribution is 2.18. The van der Waals surface area contributed by atoms with Crippen molar-refractivity contribution >= 4 is 17.2 Å². The summed E-state index contributed by atoms with van der Waals surface area (Å²) in [7, 11) is 0. The molecule has 0 heterocycles. The first-order valence-electron chi connectivity index (χ1n) is 6.99. The van der Waals surface area contributed by atoms with Crippen molar-refractivity contribution < 1.29 is 9.53 Å². The van der Waals surface area contributed by atoms with Crippen LogP contribution in [0.25, 0.3) is 0 Å². The standard InChI is InChI=1S/C17H20N2O2/c1-13(20)16-9-8-14(12-17(16)18)19-10-5-11-21-15-6-3-2-4-7-15/h2-4,6-9,12,19H,5,10-11,18H2,1H3. The first-order valence-corrected chi connectivity index (χ1v) is 6.99. The van der Waals surface area contributed by atoms with Gasteiger partial charge in [0, 0.05) is 23.5 Å². The number of nitrogens with one attached hydrogen (secondary N) is 1. The quantitative estimate of drug-likeness (QED) is 0.465. The van der Waals surface area contributed by atoms with Crippen molar-refractivity contribution in [3.8, 4) is 5.75 Å². The highest BCUT2D eigenvalue weighted by Gasteiger charge is 2.04. The summed E-state index contributed by atoms with van der Waals surface area (Å²) in [5.74, 6) is 0.864. The molecule has 0 atom stereocenters. The van der Waals surface area contributed by atoms with E-state index in [1.54, 1.807) is 12.1 Å². The van der Waals surface area contributed by atoms with Crippen molar-refractivity contribution in [3.05, 3.63) is 54.1 Å². The Labute approximate surface area is 124 Å². The molecule has 0 aliphatic rings. The summed E-state index contributed by atoms with van der Waals surface area (Å²) < 4.78 is 5.61. The van der Waals surface area contributed by atoms with Crippen LogP contribution in [0.2, 0.25) is 0 Å². The van der Waals surface area contributed by atoms with E-state index in [1.165, 1.54) is 6.92 Å². The van der Waals surface area contributed by atoms with E-state index in [1.807, 2.05) is 36.4 Å². The molecular weight excluding hydrogens is 264 g/mol. The number of Topliss-reactive ketones (excluding diaryl/α,β-unsaturated/α-hetero) is 1. The summed E-state index contributed by atoms with van der Waals surface area (Å²) in [6.07, 6.45) is 0.878. The lowest BCUT2D eigenvalue weighted by atomic mass is 10.1. The molecule has 0 aliphatic carbocycles. The number of carbonyl (C=O) groups excluding carboxylic acids is 1. The molecular formula is C17H20N2O2. The van der Waals surface area contributed by atoms with Crippen molar-refractivity contribution in [1.82, 2.24) is 0 Å². The number of hydrogen-bond donors (Lipinski definition) is 2. The number of nitrogen functional groups attached to an aromatic ring is 1. The number of para-hydroxylation sites is 1. The normalized spacial score (nSPS) is 10.1. The van der Waals surface area contributed by atoms with Crippen LogP contribution in [-0.2, 0) is 0 Å². The van der Waals surface area contributed by atoms with E-state index in [0.717, 1.165) is 24.4 Å². The largest absolute Gasteiger partial charge is 0.494 e. The summed E-state index contributed by atoms with van der Waals surface area (Å²) in [6, 6.07) is 15.1. The molecule has 3 N–H and O–H groups in total.